The largest absolute Gasteiger partial charge is 0.492 e. The van der Waals surface area contributed by atoms with E-state index in [-0.39, 0.29) is 22.8 Å². The maximum Gasteiger partial charge on any atom is 0.209 e. The Hall–Kier alpha value is -4.17. The van der Waals surface area contributed by atoms with Gasteiger partial charge in [0.25, 0.3) is 0 Å². The second-order valence-corrected chi connectivity index (χ2v) is 8.51. The van der Waals surface area contributed by atoms with Gasteiger partial charge in [-0.3, -0.25) is 14.4 Å². The number of pyridine rings is 1. The highest BCUT2D eigenvalue weighted by atomic mass is 19.1. The summed E-state index contributed by atoms with van der Waals surface area (Å²) in [6.45, 7) is 5.63. The number of amides is 1. The Morgan fingerprint density at radius 2 is 1.89 bits per heavy atom. The number of ether oxygens (including phenoxy) is 1. The van der Waals surface area contributed by atoms with E-state index in [0.29, 0.717) is 49.4 Å². The molecule has 0 unspecified atom stereocenters. The molecule has 2 fully saturated rings. The second-order valence-electron chi connectivity index (χ2n) is 8.51. The topological polar surface area (TPSA) is 130 Å². The number of halogens is 1. The molecule has 1 aliphatic carbocycles. The number of amidine groups is 1. The summed E-state index contributed by atoms with van der Waals surface area (Å²) in [4.78, 5) is 42.2. The third kappa shape index (κ3) is 6.77. The van der Waals surface area contributed by atoms with Crippen LogP contribution in [0.4, 0.5) is 10.1 Å². The Balaban J connectivity index is 0.000000394. The van der Waals surface area contributed by atoms with E-state index in [4.69, 9.17) is 22.0 Å². The molecule has 4 rings (SSSR count). The predicted octanol–water partition coefficient (Wildman–Crippen LogP) is 2.08. The van der Waals surface area contributed by atoms with Crippen LogP contribution in [0.25, 0.3) is 10.9 Å². The first-order valence-corrected chi connectivity index (χ1v) is 12.0. The van der Waals surface area contributed by atoms with Gasteiger partial charge in [-0.15, -0.1) is 6.42 Å². The fraction of sp³-hybridized carbons (Fsp3) is 0.407. The van der Waals surface area contributed by atoms with Crippen molar-refractivity contribution in [3.8, 4) is 18.1 Å². The van der Waals surface area contributed by atoms with Crippen molar-refractivity contribution in [2.75, 3.05) is 45.3 Å². The third-order valence-corrected chi connectivity index (χ3v) is 6.14. The third-order valence-electron chi connectivity index (χ3n) is 6.14. The summed E-state index contributed by atoms with van der Waals surface area (Å²) in [7, 11) is 2.45. The van der Waals surface area contributed by atoms with Crippen LogP contribution in [0.5, 0.6) is 5.75 Å². The molecule has 1 aliphatic heterocycles. The molecule has 2 heterocycles. The van der Waals surface area contributed by atoms with Crippen molar-refractivity contribution in [2.24, 2.45) is 10.7 Å². The van der Waals surface area contributed by atoms with Crippen LogP contribution in [0.15, 0.2) is 33.8 Å². The van der Waals surface area contributed by atoms with Gasteiger partial charge in [0.05, 0.1) is 23.6 Å². The lowest BCUT2D eigenvalue weighted by Crippen LogP contribution is -2.46. The molecule has 1 saturated carbocycles. The minimum atomic E-state index is -0.568. The number of allylic oxidation sites excluding steroid dienone is 2. The highest BCUT2D eigenvalue weighted by Crippen LogP contribution is 2.43. The Kier molecular flexibility index (Phi) is 11.0. The average molecular weight is 528 g/mol. The number of piperazine rings is 1. The number of rotatable bonds is 6. The summed E-state index contributed by atoms with van der Waals surface area (Å²) in [6, 6.07) is 1.37. The van der Waals surface area contributed by atoms with Crippen LogP contribution in [0.1, 0.15) is 43.1 Å². The van der Waals surface area contributed by atoms with Crippen LogP contribution < -0.4 is 20.8 Å². The Labute approximate surface area is 221 Å². The number of hydrogen-bond donors (Lipinski definition) is 2. The molecule has 3 N–H and O–H groups in total. The average Bonchev–Trinajstić information content (AvgIpc) is 3.80. The second kappa shape index (κ2) is 13.9. The maximum atomic E-state index is 15.1. The van der Waals surface area contributed by atoms with E-state index in [2.05, 4.69) is 10.9 Å². The number of nitrogens with zero attached hydrogens (tertiary/aromatic N) is 4. The standard InChI is InChI=1S/C19H20FN3O4.C7H10N2.CH4O/c1-27-19-16-14(18(26)12(10-24)9-23(16)13-2-3-13)8-15(20)17(19)22-6-4-21(11-25)5-7-22;1-4-6(3)9-7(8)5-2;1-2/h8-11,13H,2-7H2,1H3;2,4H,1,3H3,(H2,8,9);2H,1H3/b;6-4-;. The van der Waals surface area contributed by atoms with Crippen molar-refractivity contribution in [1.82, 2.24) is 9.47 Å². The van der Waals surface area contributed by atoms with E-state index in [1.54, 1.807) is 11.1 Å². The normalized spacial score (nSPS) is 15.5. The number of benzene rings is 1. The highest BCUT2D eigenvalue weighted by molar-refractivity contribution is 5.97. The van der Waals surface area contributed by atoms with Crippen LogP contribution >= 0.6 is 0 Å². The molecule has 1 aromatic heterocycles. The van der Waals surface area contributed by atoms with Crippen molar-refractivity contribution >= 4 is 35.1 Å². The van der Waals surface area contributed by atoms with Crippen molar-refractivity contribution in [2.45, 2.75) is 32.7 Å². The molecular weight excluding hydrogens is 493 g/mol. The number of aliphatic hydroxyl groups excluding tert-OH is 1. The van der Waals surface area contributed by atoms with Gasteiger partial charge in [0, 0.05) is 51.2 Å². The Morgan fingerprint density at radius 3 is 2.37 bits per heavy atom. The molecular formula is C27H34FN5O5. The minimum Gasteiger partial charge on any atom is -0.492 e. The summed E-state index contributed by atoms with van der Waals surface area (Å²) in [6.07, 6.45) is 11.5. The van der Waals surface area contributed by atoms with Crippen LogP contribution in [0.2, 0.25) is 0 Å². The fourth-order valence-electron chi connectivity index (χ4n) is 4.01. The lowest BCUT2D eigenvalue weighted by Gasteiger charge is -2.35. The number of carbonyl (C=O) groups is 2. The van der Waals surface area contributed by atoms with Crippen molar-refractivity contribution in [1.29, 1.82) is 0 Å². The molecule has 10 nitrogen and oxygen atoms in total. The summed E-state index contributed by atoms with van der Waals surface area (Å²) in [5, 5.41) is 7.15. The molecule has 204 valence electrons. The summed E-state index contributed by atoms with van der Waals surface area (Å²) in [5.74, 6) is 2.17. The number of aromatic nitrogens is 1. The number of fused-ring (bicyclic) bond motifs is 1. The quantitative estimate of drug-likeness (QED) is 0.255. The van der Waals surface area contributed by atoms with Gasteiger partial charge in [-0.2, -0.15) is 0 Å². The van der Waals surface area contributed by atoms with Gasteiger partial charge in [0.15, 0.2) is 29.1 Å². The van der Waals surface area contributed by atoms with Gasteiger partial charge >= 0.3 is 0 Å². The van der Waals surface area contributed by atoms with E-state index in [9.17, 15) is 14.4 Å². The van der Waals surface area contributed by atoms with Gasteiger partial charge < -0.3 is 29.9 Å². The Morgan fingerprint density at radius 1 is 1.26 bits per heavy atom. The summed E-state index contributed by atoms with van der Waals surface area (Å²) in [5.41, 5.74) is 6.40. The van der Waals surface area contributed by atoms with E-state index in [0.717, 1.165) is 32.1 Å². The van der Waals surface area contributed by atoms with Crippen LogP contribution in [-0.2, 0) is 4.79 Å². The number of methoxy groups -OCH3 is 1. The van der Waals surface area contributed by atoms with Crippen LogP contribution in [-0.4, -0.2) is 73.5 Å². The smallest absolute Gasteiger partial charge is 0.209 e. The van der Waals surface area contributed by atoms with E-state index in [1.807, 2.05) is 29.4 Å². The summed E-state index contributed by atoms with van der Waals surface area (Å²) < 4.78 is 22.5. The van der Waals surface area contributed by atoms with Gasteiger partial charge in [-0.1, -0.05) is 6.08 Å². The van der Waals surface area contributed by atoms with Gasteiger partial charge in [0.1, 0.15) is 5.69 Å². The first-order valence-electron chi connectivity index (χ1n) is 12.0. The minimum absolute atomic E-state index is 0.0169. The number of terminal acetylenes is 1. The summed E-state index contributed by atoms with van der Waals surface area (Å²) >= 11 is 0. The Bertz CT molecular complexity index is 1320. The number of aldehydes is 1. The molecule has 2 aromatic rings. The van der Waals surface area contributed by atoms with Gasteiger partial charge in [0.2, 0.25) is 6.41 Å². The van der Waals surface area contributed by atoms with E-state index >= 15 is 4.39 Å². The van der Waals surface area contributed by atoms with Crippen molar-refractivity contribution in [3.05, 3.63) is 45.6 Å². The number of hydrogen-bond acceptors (Lipinski definition) is 7. The van der Waals surface area contributed by atoms with Crippen molar-refractivity contribution < 1.29 is 23.8 Å². The van der Waals surface area contributed by atoms with Crippen LogP contribution in [0, 0.1) is 18.2 Å². The molecule has 2 aliphatic rings. The van der Waals surface area contributed by atoms with E-state index < -0.39 is 11.2 Å². The lowest BCUT2D eigenvalue weighted by molar-refractivity contribution is -0.118. The van der Waals surface area contributed by atoms with Crippen molar-refractivity contribution in [3.63, 3.8) is 0 Å². The zero-order valence-corrected chi connectivity index (χ0v) is 22.1. The lowest BCUT2D eigenvalue weighted by atomic mass is 10.1. The molecule has 0 atom stereocenters. The van der Waals surface area contributed by atoms with Gasteiger partial charge in [-0.05, 0) is 38.7 Å². The first-order chi connectivity index (χ1) is 18.3. The zero-order chi connectivity index (χ0) is 28.4. The van der Waals surface area contributed by atoms with E-state index in [1.165, 1.54) is 13.2 Å². The van der Waals surface area contributed by atoms with Crippen LogP contribution in [0.3, 0.4) is 0 Å². The molecule has 1 amide bonds. The fourth-order valence-corrected chi connectivity index (χ4v) is 4.01. The molecule has 0 bridgehead atoms. The predicted molar refractivity (Wildman–Crippen MR) is 146 cm³/mol. The molecule has 0 radical (unpaired) electrons. The maximum absolute atomic E-state index is 15.1. The number of anilines is 1. The number of aliphatic imine (C=N–C) groups is 1. The molecule has 11 heteroatoms. The molecule has 0 spiro atoms. The zero-order valence-electron chi connectivity index (χ0n) is 22.1. The molecule has 1 saturated heterocycles. The number of carbonyl (C=O) groups excluding carboxylic acids is 2. The number of aliphatic hydroxyl groups is 1. The monoisotopic (exact) mass is 527 g/mol. The SMILES string of the molecule is C#CC(N)=N/C(C)=C\C.CO.COc1c(N2CCN(C=O)CC2)c(F)cc2c(=O)c(C=O)cn(C3CC3)c12. The van der Waals surface area contributed by atoms with Gasteiger partial charge in [-0.25, -0.2) is 9.38 Å². The number of nitrogens with two attached hydrogens (primary N) is 1. The highest BCUT2D eigenvalue weighted by Gasteiger charge is 2.31. The first kappa shape index (κ1) is 30.1. The molecule has 38 heavy (non-hydrogen) atoms. The molecule has 1 aromatic carbocycles.